The molecule has 2 saturated heterocycles. The van der Waals surface area contributed by atoms with Crippen LogP contribution in [0.1, 0.15) is 87.4 Å². The van der Waals surface area contributed by atoms with Crippen LogP contribution < -0.4 is 10.6 Å². The van der Waals surface area contributed by atoms with Gasteiger partial charge in [0, 0.05) is 54.0 Å². The molecule has 5 atom stereocenters. The molecule has 0 aromatic heterocycles. The van der Waals surface area contributed by atoms with E-state index in [1.165, 1.54) is 12.1 Å². The third-order valence-electron chi connectivity index (χ3n) is 10.6. The van der Waals surface area contributed by atoms with Gasteiger partial charge >= 0.3 is 23.9 Å². The molecule has 15 heteroatoms. The molecule has 2 heterocycles. The Bertz CT molecular complexity index is 2170. The molecule has 3 aromatic carbocycles. The van der Waals surface area contributed by atoms with E-state index in [9.17, 15) is 33.9 Å². The Hall–Kier alpha value is -6.16. The summed E-state index contributed by atoms with van der Waals surface area (Å²) in [5.41, 5.74) is 0.628. The second-order valence-corrected chi connectivity index (χ2v) is 17.3. The van der Waals surface area contributed by atoms with Gasteiger partial charge in [0.1, 0.15) is 30.5 Å². The highest BCUT2D eigenvalue weighted by Crippen LogP contribution is 2.47. The molecule has 0 spiro atoms. The van der Waals surface area contributed by atoms with E-state index in [4.69, 9.17) is 28.4 Å². The second-order valence-electron chi connectivity index (χ2n) is 17.3. The van der Waals surface area contributed by atoms with Gasteiger partial charge in [0.25, 0.3) is 0 Å². The quantitative estimate of drug-likeness (QED) is 0.100. The Morgan fingerprint density at radius 3 is 2.16 bits per heavy atom. The number of rotatable bonds is 16. The van der Waals surface area contributed by atoms with Gasteiger partial charge < -0.3 is 44.2 Å². The largest absolute Gasteiger partial charge is 0.462 e. The fourth-order valence-electron chi connectivity index (χ4n) is 7.47. The number of aliphatic hydroxyl groups is 1. The summed E-state index contributed by atoms with van der Waals surface area (Å²) < 4.78 is 35.6. The molecule has 0 bridgehead atoms. The van der Waals surface area contributed by atoms with Crippen molar-refractivity contribution in [1.82, 2.24) is 10.6 Å². The monoisotopic (exact) mass is 866 g/mol. The van der Waals surface area contributed by atoms with Crippen LogP contribution in [0.2, 0.25) is 0 Å². The van der Waals surface area contributed by atoms with Crippen molar-refractivity contribution in [3.63, 3.8) is 0 Å². The van der Waals surface area contributed by atoms with E-state index >= 15 is 0 Å². The maximum absolute atomic E-state index is 14.1. The molecule has 3 aliphatic rings. The number of amides is 2. The van der Waals surface area contributed by atoms with Crippen LogP contribution in [0.5, 0.6) is 0 Å². The molecule has 15 nitrogen and oxygen atoms in total. The van der Waals surface area contributed by atoms with E-state index in [-0.39, 0.29) is 50.0 Å². The molecule has 0 saturated carbocycles. The van der Waals surface area contributed by atoms with Crippen molar-refractivity contribution in [2.75, 3.05) is 19.8 Å². The Morgan fingerprint density at radius 2 is 1.54 bits per heavy atom. The van der Waals surface area contributed by atoms with Gasteiger partial charge in [-0.3, -0.25) is 14.4 Å². The number of nitrogens with one attached hydrogen (secondary N) is 2. The van der Waals surface area contributed by atoms with Crippen molar-refractivity contribution < 1.29 is 62.3 Å². The van der Waals surface area contributed by atoms with Gasteiger partial charge in [0.15, 0.2) is 0 Å². The number of hydrogen-bond acceptors (Lipinski definition) is 13. The van der Waals surface area contributed by atoms with Gasteiger partial charge in [-0.25, -0.2) is 14.4 Å². The number of carbonyl (C=O) groups excluding carboxylic acids is 6. The van der Waals surface area contributed by atoms with Crippen molar-refractivity contribution in [2.24, 2.45) is 5.41 Å². The van der Waals surface area contributed by atoms with Crippen LogP contribution in [-0.4, -0.2) is 96.6 Å². The number of fused-ring (bicyclic) bond motifs is 1. The summed E-state index contributed by atoms with van der Waals surface area (Å²) in [4.78, 5) is 77.9. The molecule has 6 rings (SSSR count). The summed E-state index contributed by atoms with van der Waals surface area (Å²) in [6, 6.07) is 24.3. The summed E-state index contributed by atoms with van der Waals surface area (Å²) in [5, 5.41) is 15.3. The average molecular weight is 867 g/mol. The summed E-state index contributed by atoms with van der Waals surface area (Å²) in [7, 11) is 0. The Kier molecular flexibility index (Phi) is 14.6. The van der Waals surface area contributed by atoms with E-state index in [2.05, 4.69) is 10.6 Å². The number of ether oxygens (including phenoxy) is 6. The molecule has 2 amide bonds. The highest BCUT2D eigenvalue weighted by molar-refractivity contribution is 5.97. The summed E-state index contributed by atoms with van der Waals surface area (Å²) >= 11 is 0. The molecule has 2 fully saturated rings. The third kappa shape index (κ3) is 11.7. The zero-order valence-electron chi connectivity index (χ0n) is 36.0. The van der Waals surface area contributed by atoms with Gasteiger partial charge in [0.05, 0.1) is 18.2 Å². The molecule has 63 heavy (non-hydrogen) atoms. The zero-order chi connectivity index (χ0) is 45.4. The Labute approximate surface area is 366 Å². The van der Waals surface area contributed by atoms with E-state index in [0.29, 0.717) is 16.7 Å². The smallest absolute Gasteiger partial charge is 0.348 e. The fourth-order valence-corrected chi connectivity index (χ4v) is 7.47. The highest BCUT2D eigenvalue weighted by atomic mass is 16.8. The maximum Gasteiger partial charge on any atom is 0.348 e. The normalized spacial score (nSPS) is 21.6. The molecule has 3 N–H and O–H groups in total. The standard InChI is InChI=1S/C48H54N2O13/c1-46(2,3)62-40(54)23-21-34(28-51)50-38(52)24-25-49-43(55)31-26-36(41-37(27-31)61-48(63-41,32-15-8-6-9-16-32)33-17-10-7-11-18-33)59-44(56)35-19-13-12-14-30(35)20-22-39(53)60-42-45(57)58-29-47(42,4)5/h6-20,22,27,34,36-37,41-42,51H,21,23-26,28-29H2,1-5H3,(H,49,55)(H,50,52). The summed E-state index contributed by atoms with van der Waals surface area (Å²) in [6.07, 6.45) is 0.189. The number of cyclic esters (lactones) is 1. The lowest BCUT2D eigenvalue weighted by molar-refractivity contribution is -0.159. The minimum atomic E-state index is -1.45. The van der Waals surface area contributed by atoms with Crippen LogP contribution in [0.25, 0.3) is 6.08 Å². The van der Waals surface area contributed by atoms with Crippen LogP contribution in [0.4, 0.5) is 0 Å². The molecule has 5 unspecified atom stereocenters. The first kappa shape index (κ1) is 46.3. The number of carbonyl (C=O) groups is 6. The predicted octanol–water partition coefficient (Wildman–Crippen LogP) is 4.84. The molecule has 1 aliphatic carbocycles. The molecule has 3 aromatic rings. The SMILES string of the molecule is CC(C)(C)OC(=O)CCC(CO)NC(=O)CCNC(=O)C1=CC2OC(c3ccccc3)(c3ccccc3)OC2C(OC(=O)c2ccccc2C=CC(=O)OC2C(=O)OCC2(C)C)C1. The number of benzene rings is 3. The maximum atomic E-state index is 14.1. The van der Waals surface area contributed by atoms with Crippen molar-refractivity contribution in [3.05, 3.63) is 125 Å². The Balaban J connectivity index is 1.19. The number of hydrogen-bond donors (Lipinski definition) is 3. The molecule has 2 aliphatic heterocycles. The van der Waals surface area contributed by atoms with E-state index in [0.717, 1.165) is 6.08 Å². The molecule has 334 valence electrons. The van der Waals surface area contributed by atoms with Crippen molar-refractivity contribution >= 4 is 41.8 Å². The molecular weight excluding hydrogens is 813 g/mol. The van der Waals surface area contributed by atoms with E-state index in [1.54, 1.807) is 58.9 Å². The van der Waals surface area contributed by atoms with Crippen LogP contribution in [0.15, 0.2) is 103 Å². The summed E-state index contributed by atoms with van der Waals surface area (Å²) in [5.74, 6) is -5.07. The lowest BCUT2D eigenvalue weighted by Crippen LogP contribution is -2.44. The second kappa shape index (κ2) is 19.9. The predicted molar refractivity (Wildman–Crippen MR) is 227 cm³/mol. The van der Waals surface area contributed by atoms with Crippen LogP contribution in [-0.2, 0) is 58.2 Å². The van der Waals surface area contributed by atoms with Gasteiger partial charge in [0.2, 0.25) is 23.7 Å². The van der Waals surface area contributed by atoms with Gasteiger partial charge in [-0.15, -0.1) is 0 Å². The van der Waals surface area contributed by atoms with E-state index in [1.807, 2.05) is 60.7 Å². The topological polar surface area (TPSA) is 202 Å². The van der Waals surface area contributed by atoms with Crippen LogP contribution in [0.3, 0.4) is 0 Å². The zero-order valence-corrected chi connectivity index (χ0v) is 36.0. The van der Waals surface area contributed by atoms with Crippen LogP contribution >= 0.6 is 0 Å². The molecule has 0 radical (unpaired) electrons. The summed E-state index contributed by atoms with van der Waals surface area (Å²) in [6.45, 7) is 8.40. The first-order valence-corrected chi connectivity index (χ1v) is 20.9. The number of aliphatic hydroxyl groups excluding tert-OH is 1. The fraction of sp³-hybridized carbons (Fsp3) is 0.417. The van der Waals surface area contributed by atoms with E-state index < -0.39 is 89.6 Å². The molecular formula is C48H54N2O13. The third-order valence-corrected chi connectivity index (χ3v) is 10.6. The average Bonchev–Trinajstić information content (AvgIpc) is 3.78. The minimum Gasteiger partial charge on any atom is -0.462 e. The van der Waals surface area contributed by atoms with Gasteiger partial charge in [-0.05, 0) is 51.0 Å². The van der Waals surface area contributed by atoms with Crippen molar-refractivity contribution in [2.45, 2.75) is 102 Å². The van der Waals surface area contributed by atoms with Crippen molar-refractivity contribution in [1.29, 1.82) is 0 Å². The first-order valence-electron chi connectivity index (χ1n) is 20.9. The first-order chi connectivity index (χ1) is 30.0. The van der Waals surface area contributed by atoms with Gasteiger partial charge in [-0.1, -0.05) is 92.7 Å². The minimum absolute atomic E-state index is 0.00153. The lowest BCUT2D eigenvalue weighted by Gasteiger charge is -2.31. The lowest BCUT2D eigenvalue weighted by atomic mass is 9.90. The van der Waals surface area contributed by atoms with Crippen molar-refractivity contribution in [3.8, 4) is 0 Å². The van der Waals surface area contributed by atoms with Gasteiger partial charge in [-0.2, -0.15) is 0 Å². The number of esters is 4. The van der Waals surface area contributed by atoms with Crippen LogP contribution in [0, 0.1) is 5.41 Å². The Morgan fingerprint density at radius 1 is 0.889 bits per heavy atom. The highest BCUT2D eigenvalue weighted by Gasteiger charge is 2.55.